The Morgan fingerprint density at radius 2 is 1.86 bits per heavy atom. The van der Waals surface area contributed by atoms with Crippen LogP contribution >= 0.6 is 0 Å². The number of ether oxygens (including phenoxy) is 1. The smallest absolute Gasteiger partial charge is 0.271 e. The maximum atomic E-state index is 11.8. The summed E-state index contributed by atoms with van der Waals surface area (Å²) in [5, 5.41) is 22.8. The summed E-state index contributed by atoms with van der Waals surface area (Å²) < 4.78 is 7.63. The molecule has 0 saturated carbocycles. The van der Waals surface area contributed by atoms with Gasteiger partial charge in [-0.2, -0.15) is 0 Å². The van der Waals surface area contributed by atoms with Crippen LogP contribution in [0, 0.1) is 10.1 Å². The highest BCUT2D eigenvalue weighted by Gasteiger charge is 2.52. The van der Waals surface area contributed by atoms with Crippen molar-refractivity contribution in [2.45, 2.75) is 38.3 Å². The number of nitro groups is 1. The number of anilines is 1. The van der Waals surface area contributed by atoms with E-state index >= 15 is 0 Å². The Bertz CT molecular complexity index is 924. The molecule has 7 heteroatoms. The van der Waals surface area contributed by atoms with Gasteiger partial charge in [0, 0.05) is 24.1 Å². The van der Waals surface area contributed by atoms with Crippen LogP contribution in [0.1, 0.15) is 38.2 Å². The summed E-state index contributed by atoms with van der Waals surface area (Å²) >= 11 is 0. The van der Waals surface area contributed by atoms with Crippen molar-refractivity contribution in [1.82, 2.24) is 0 Å². The van der Waals surface area contributed by atoms with Gasteiger partial charge in [0.1, 0.15) is 11.4 Å². The highest BCUT2D eigenvalue weighted by Crippen LogP contribution is 2.36. The second kappa shape index (κ2) is 7.83. The van der Waals surface area contributed by atoms with E-state index in [1.807, 2.05) is 31.2 Å². The van der Waals surface area contributed by atoms with Crippen molar-refractivity contribution in [2.75, 3.05) is 24.6 Å². The molecule has 0 bridgehead atoms. The maximum absolute atomic E-state index is 11.8. The van der Waals surface area contributed by atoms with E-state index in [0.29, 0.717) is 18.7 Å². The molecule has 0 aliphatic carbocycles. The number of non-ortho nitro benzene ring substituents is 1. The lowest BCUT2D eigenvalue weighted by Crippen LogP contribution is -2.41. The lowest BCUT2D eigenvalue weighted by Gasteiger charge is -2.23. The molecule has 0 radical (unpaired) electrons. The largest absolute Gasteiger partial charge is 0.494 e. The number of hydrogen-bond donors (Lipinski definition) is 1. The molecule has 0 unspecified atom stereocenters. The lowest BCUT2D eigenvalue weighted by atomic mass is 10.0. The van der Waals surface area contributed by atoms with Crippen molar-refractivity contribution in [3.63, 3.8) is 0 Å². The second-order valence-electron chi connectivity index (χ2n) is 7.51. The normalized spacial score (nSPS) is 21.7. The van der Waals surface area contributed by atoms with Crippen molar-refractivity contribution in [1.29, 1.82) is 0 Å². The first kappa shape index (κ1) is 19.4. The minimum absolute atomic E-state index is 0.0267. The van der Waals surface area contributed by atoms with Crippen molar-refractivity contribution in [3.05, 3.63) is 64.2 Å². The minimum Gasteiger partial charge on any atom is -0.494 e. The van der Waals surface area contributed by atoms with Crippen LogP contribution in [0.15, 0.2) is 48.5 Å². The Morgan fingerprint density at radius 1 is 1.14 bits per heavy atom. The van der Waals surface area contributed by atoms with E-state index in [1.165, 1.54) is 12.1 Å². The number of benzene rings is 2. The average Bonchev–Trinajstić information content (AvgIpc) is 2.88. The van der Waals surface area contributed by atoms with Crippen molar-refractivity contribution >= 4 is 17.2 Å². The molecule has 0 amide bonds. The quantitative estimate of drug-likeness (QED) is 0.474. The zero-order chi connectivity index (χ0) is 20.4. The van der Waals surface area contributed by atoms with Gasteiger partial charge in [-0.25, -0.2) is 9.48 Å². The van der Waals surface area contributed by atoms with E-state index in [-0.39, 0.29) is 5.69 Å². The van der Waals surface area contributed by atoms with Gasteiger partial charge in [-0.05, 0) is 62.6 Å². The summed E-state index contributed by atoms with van der Waals surface area (Å²) in [6.45, 7) is 3.72. The molecule has 2 aliphatic heterocycles. The monoisotopic (exact) mass is 396 g/mol. The molecule has 152 valence electrons. The molecule has 1 atom stereocenters. The number of β-amino-alcohol motifs (C(OH)–C–C–N with tert-alkyl or cyclic N) is 1. The summed E-state index contributed by atoms with van der Waals surface area (Å²) in [5.41, 5.74) is 0.496. The maximum Gasteiger partial charge on any atom is 0.271 e. The molecule has 4 rings (SSSR count). The molecular weight excluding hydrogens is 370 g/mol. The van der Waals surface area contributed by atoms with Crippen molar-refractivity contribution in [3.8, 4) is 5.75 Å². The van der Waals surface area contributed by atoms with E-state index in [2.05, 4.69) is 9.48 Å². The van der Waals surface area contributed by atoms with Crippen LogP contribution < -0.4 is 9.64 Å². The fourth-order valence-electron chi connectivity index (χ4n) is 4.30. The summed E-state index contributed by atoms with van der Waals surface area (Å²) in [6.07, 6.45) is 4.10. The number of nitro benzene ring substituents is 1. The van der Waals surface area contributed by atoms with Crippen LogP contribution in [0.4, 0.5) is 11.4 Å². The standard InChI is InChI=1S/C22H26N3O4/c1-2-29-20-13-11-18(12-14-20)23-16-22(26,24-15-5-3-4-6-21(23)24)17-7-9-19(10-8-17)25(27)28/h7-14,26H,2-6,15-16H2,1H3/q+1/t22-/m1/s1. The Morgan fingerprint density at radius 3 is 2.52 bits per heavy atom. The van der Waals surface area contributed by atoms with Gasteiger partial charge in [0.25, 0.3) is 17.2 Å². The molecule has 2 heterocycles. The topological polar surface area (TPSA) is 78.9 Å². The average molecular weight is 396 g/mol. The van der Waals surface area contributed by atoms with Gasteiger partial charge in [-0.3, -0.25) is 10.1 Å². The molecule has 7 nitrogen and oxygen atoms in total. The minimum atomic E-state index is -1.21. The Hall–Kier alpha value is -2.93. The number of aliphatic hydroxyl groups is 1. The van der Waals surface area contributed by atoms with Gasteiger partial charge in [0.2, 0.25) is 0 Å². The van der Waals surface area contributed by atoms with Crippen LogP contribution in [0.2, 0.25) is 0 Å². The molecule has 2 aliphatic rings. The van der Waals surface area contributed by atoms with Crippen molar-refractivity contribution < 1.29 is 19.3 Å². The number of amidine groups is 1. The first-order valence-corrected chi connectivity index (χ1v) is 10.1. The van der Waals surface area contributed by atoms with Gasteiger partial charge in [-0.1, -0.05) is 0 Å². The van der Waals surface area contributed by atoms with Crippen LogP contribution in [-0.4, -0.2) is 40.1 Å². The summed E-state index contributed by atoms with van der Waals surface area (Å²) in [7, 11) is 0. The lowest BCUT2D eigenvalue weighted by molar-refractivity contribution is -0.658. The highest BCUT2D eigenvalue weighted by atomic mass is 16.6. The Labute approximate surface area is 170 Å². The molecule has 0 saturated heterocycles. The highest BCUT2D eigenvalue weighted by molar-refractivity contribution is 5.96. The van der Waals surface area contributed by atoms with Gasteiger partial charge in [0.15, 0.2) is 6.54 Å². The number of rotatable bonds is 5. The number of hydrogen-bond acceptors (Lipinski definition) is 5. The molecular formula is C22H26N3O4+. The van der Waals surface area contributed by atoms with E-state index in [1.54, 1.807) is 12.1 Å². The molecule has 1 N–H and O–H groups in total. The van der Waals surface area contributed by atoms with E-state index in [0.717, 1.165) is 49.5 Å². The Balaban J connectivity index is 1.72. The number of nitrogens with zero attached hydrogens (tertiary/aromatic N) is 3. The molecule has 0 spiro atoms. The summed E-state index contributed by atoms with van der Waals surface area (Å²) in [6, 6.07) is 14.2. The van der Waals surface area contributed by atoms with Gasteiger partial charge in [-0.15, -0.1) is 0 Å². The molecule has 0 fully saturated rings. The first-order chi connectivity index (χ1) is 14.0. The van der Waals surface area contributed by atoms with Crippen LogP contribution in [0.25, 0.3) is 0 Å². The molecule has 2 aromatic carbocycles. The van der Waals surface area contributed by atoms with Gasteiger partial charge in [0.05, 0.1) is 18.1 Å². The first-order valence-electron chi connectivity index (χ1n) is 10.1. The zero-order valence-electron chi connectivity index (χ0n) is 16.6. The van der Waals surface area contributed by atoms with Crippen molar-refractivity contribution in [2.24, 2.45) is 0 Å². The predicted molar refractivity (Wildman–Crippen MR) is 111 cm³/mol. The van der Waals surface area contributed by atoms with Gasteiger partial charge < -0.3 is 9.84 Å². The molecule has 2 aromatic rings. The van der Waals surface area contributed by atoms with Gasteiger partial charge >= 0.3 is 0 Å². The van der Waals surface area contributed by atoms with E-state index in [4.69, 9.17) is 4.74 Å². The Kier molecular flexibility index (Phi) is 5.24. The third-order valence-corrected chi connectivity index (χ3v) is 5.73. The molecule has 0 aromatic heterocycles. The SMILES string of the molecule is CCOc1ccc(N2C[C@@](O)(c3ccc([N+](=O)[O-])cc3)[N+]3=C2CCCCC3)cc1. The fourth-order valence-corrected chi connectivity index (χ4v) is 4.30. The third kappa shape index (κ3) is 3.58. The summed E-state index contributed by atoms with van der Waals surface area (Å²) in [4.78, 5) is 12.8. The third-order valence-electron chi connectivity index (χ3n) is 5.73. The summed E-state index contributed by atoms with van der Waals surface area (Å²) in [5.74, 6) is 1.93. The van der Waals surface area contributed by atoms with Crippen LogP contribution in [0.5, 0.6) is 5.75 Å². The fraction of sp³-hybridized carbons (Fsp3) is 0.409. The van der Waals surface area contributed by atoms with Crippen LogP contribution in [0.3, 0.4) is 0 Å². The van der Waals surface area contributed by atoms with E-state index < -0.39 is 10.6 Å². The second-order valence-corrected chi connectivity index (χ2v) is 7.51. The predicted octanol–water partition coefficient (Wildman–Crippen LogP) is 3.64. The molecule has 29 heavy (non-hydrogen) atoms. The van der Waals surface area contributed by atoms with E-state index in [9.17, 15) is 15.2 Å². The van der Waals surface area contributed by atoms with Crippen LogP contribution in [-0.2, 0) is 5.72 Å². The zero-order valence-corrected chi connectivity index (χ0v) is 16.6.